The largest absolute Gasteiger partial charge is 0.378 e. The minimum Gasteiger partial charge on any atom is -0.378 e. The fourth-order valence-electron chi connectivity index (χ4n) is 2.17. The maximum atomic E-state index is 11.8. The van der Waals surface area contributed by atoms with Gasteiger partial charge in [0.1, 0.15) is 11.6 Å². The second-order valence-electron chi connectivity index (χ2n) is 9.36. The van der Waals surface area contributed by atoms with E-state index >= 15 is 0 Å². The van der Waals surface area contributed by atoms with Crippen LogP contribution in [0.3, 0.4) is 0 Å². The van der Waals surface area contributed by atoms with Gasteiger partial charge in [0, 0.05) is 23.7 Å². The number of ketones is 2. The molecule has 0 saturated carbocycles. The number of Topliss-reactive ketones (excluding diaryl/α,β-unsaturated/α-hetero) is 2. The molecule has 0 aliphatic heterocycles. The highest BCUT2D eigenvalue weighted by molar-refractivity contribution is 5.84. The van der Waals surface area contributed by atoms with Crippen LogP contribution in [0.15, 0.2) is 0 Å². The minimum atomic E-state index is -0.317. The third kappa shape index (κ3) is 14.2. The van der Waals surface area contributed by atoms with Gasteiger partial charge in [0.15, 0.2) is 0 Å². The molecule has 0 amide bonds. The fourth-order valence-corrected chi connectivity index (χ4v) is 2.17. The molecule has 0 aromatic heterocycles. The number of carbonyl (C=O) groups is 2. The molecule has 166 valence electrons. The van der Waals surface area contributed by atoms with Crippen LogP contribution in [-0.2, 0) is 28.5 Å². The zero-order valence-electron chi connectivity index (χ0n) is 19.3. The molecule has 0 aromatic carbocycles. The molecule has 0 N–H and O–H groups in total. The summed E-state index contributed by atoms with van der Waals surface area (Å²) in [6.45, 7) is 18.1. The first kappa shape index (κ1) is 27.2. The van der Waals surface area contributed by atoms with E-state index in [1.165, 1.54) is 0 Å². The van der Waals surface area contributed by atoms with Crippen LogP contribution in [0.1, 0.15) is 68.2 Å². The van der Waals surface area contributed by atoms with E-state index in [-0.39, 0.29) is 34.6 Å². The second kappa shape index (κ2) is 13.4. The molecule has 0 rings (SSSR count). The Labute approximate surface area is 171 Å². The van der Waals surface area contributed by atoms with E-state index in [2.05, 4.69) is 0 Å². The monoisotopic (exact) mass is 402 g/mol. The van der Waals surface area contributed by atoms with Crippen LogP contribution < -0.4 is 0 Å². The summed E-state index contributed by atoms with van der Waals surface area (Å²) in [5.41, 5.74) is -0.630. The van der Waals surface area contributed by atoms with E-state index in [0.717, 1.165) is 0 Å². The Hall–Kier alpha value is -0.820. The van der Waals surface area contributed by atoms with E-state index in [9.17, 15) is 9.59 Å². The lowest BCUT2D eigenvalue weighted by molar-refractivity contribution is -0.129. The summed E-state index contributed by atoms with van der Waals surface area (Å²) in [6, 6.07) is 0. The molecule has 28 heavy (non-hydrogen) atoms. The topological polar surface area (TPSA) is 71.1 Å². The zero-order chi connectivity index (χ0) is 21.8. The summed E-state index contributed by atoms with van der Waals surface area (Å²) in [4.78, 5) is 23.6. The zero-order valence-corrected chi connectivity index (χ0v) is 19.3. The van der Waals surface area contributed by atoms with Crippen molar-refractivity contribution >= 4 is 11.6 Å². The van der Waals surface area contributed by atoms with Crippen molar-refractivity contribution in [2.75, 3.05) is 39.6 Å². The quantitative estimate of drug-likeness (QED) is 0.388. The van der Waals surface area contributed by atoms with Gasteiger partial charge in [-0.2, -0.15) is 0 Å². The molecule has 0 aromatic rings. The number of hydrogen-bond acceptors (Lipinski definition) is 6. The molecule has 0 bridgehead atoms. The van der Waals surface area contributed by atoms with Crippen LogP contribution in [-0.4, -0.2) is 63.4 Å². The van der Waals surface area contributed by atoms with Gasteiger partial charge in [-0.3, -0.25) is 9.59 Å². The molecule has 0 radical (unpaired) electrons. The lowest BCUT2D eigenvalue weighted by Gasteiger charge is -2.18. The SMILES string of the molecule is CC(COCCC(=O)C(C)(C)C)OCCOCC(C)OCCC(=O)C(C)(C)C. The summed E-state index contributed by atoms with van der Waals surface area (Å²) in [5.74, 6) is 0.404. The molecule has 0 aliphatic carbocycles. The van der Waals surface area contributed by atoms with Crippen molar-refractivity contribution in [3.8, 4) is 0 Å². The van der Waals surface area contributed by atoms with Gasteiger partial charge >= 0.3 is 0 Å². The Bertz CT molecular complexity index is 447. The number of rotatable bonds is 15. The normalized spacial score (nSPS) is 14.7. The van der Waals surface area contributed by atoms with Gasteiger partial charge in [0.05, 0.1) is 51.8 Å². The molecule has 0 fully saturated rings. The predicted octanol–water partition coefficient (Wildman–Crippen LogP) is 3.84. The molecule has 2 atom stereocenters. The number of carbonyl (C=O) groups excluding carboxylic acids is 2. The molecular formula is C22H42O6. The lowest BCUT2D eigenvalue weighted by atomic mass is 9.89. The Morgan fingerprint density at radius 1 is 0.643 bits per heavy atom. The van der Waals surface area contributed by atoms with Gasteiger partial charge in [0.2, 0.25) is 0 Å². The van der Waals surface area contributed by atoms with Crippen LogP contribution in [0.4, 0.5) is 0 Å². The summed E-state index contributed by atoms with van der Waals surface area (Å²) < 4.78 is 22.3. The van der Waals surface area contributed by atoms with Crippen LogP contribution >= 0.6 is 0 Å². The van der Waals surface area contributed by atoms with Gasteiger partial charge in [-0.25, -0.2) is 0 Å². The maximum Gasteiger partial charge on any atom is 0.140 e. The Morgan fingerprint density at radius 3 is 1.50 bits per heavy atom. The van der Waals surface area contributed by atoms with Gasteiger partial charge < -0.3 is 18.9 Å². The standard InChI is InChI=1S/C22H42O6/c1-17(27-12-10-20(24)22(6,7)8)16-26-13-14-28-18(2)15-25-11-9-19(23)21(3,4)5/h17-18H,9-16H2,1-8H3. The van der Waals surface area contributed by atoms with Crippen molar-refractivity contribution < 1.29 is 28.5 Å². The van der Waals surface area contributed by atoms with Crippen LogP contribution in [0.2, 0.25) is 0 Å². The number of ether oxygens (including phenoxy) is 4. The molecule has 6 nitrogen and oxygen atoms in total. The Morgan fingerprint density at radius 2 is 1.04 bits per heavy atom. The first-order valence-corrected chi connectivity index (χ1v) is 10.3. The van der Waals surface area contributed by atoms with Crippen LogP contribution in [0.25, 0.3) is 0 Å². The smallest absolute Gasteiger partial charge is 0.140 e. The molecule has 0 heterocycles. The summed E-state index contributed by atoms with van der Waals surface area (Å²) in [6.07, 6.45) is 0.744. The molecule has 6 heteroatoms. The van der Waals surface area contributed by atoms with Gasteiger partial charge in [-0.05, 0) is 13.8 Å². The van der Waals surface area contributed by atoms with Crippen LogP contribution in [0, 0.1) is 10.8 Å². The molecule has 2 unspecified atom stereocenters. The molecule has 0 saturated heterocycles. The van der Waals surface area contributed by atoms with E-state index in [0.29, 0.717) is 52.5 Å². The van der Waals surface area contributed by atoms with Crippen molar-refractivity contribution in [2.45, 2.75) is 80.4 Å². The van der Waals surface area contributed by atoms with Gasteiger partial charge in [-0.1, -0.05) is 41.5 Å². The minimum absolute atomic E-state index is 0.0505. The molecule has 0 aliphatic rings. The summed E-state index contributed by atoms with van der Waals surface area (Å²) in [7, 11) is 0. The van der Waals surface area contributed by atoms with Crippen molar-refractivity contribution in [1.82, 2.24) is 0 Å². The third-order valence-electron chi connectivity index (χ3n) is 4.21. The van der Waals surface area contributed by atoms with Crippen molar-refractivity contribution in [2.24, 2.45) is 10.8 Å². The highest BCUT2D eigenvalue weighted by Gasteiger charge is 2.21. The highest BCUT2D eigenvalue weighted by Crippen LogP contribution is 2.17. The van der Waals surface area contributed by atoms with Crippen molar-refractivity contribution in [1.29, 1.82) is 0 Å². The van der Waals surface area contributed by atoms with E-state index in [1.807, 2.05) is 55.4 Å². The van der Waals surface area contributed by atoms with Crippen molar-refractivity contribution in [3.63, 3.8) is 0 Å². The van der Waals surface area contributed by atoms with E-state index in [4.69, 9.17) is 18.9 Å². The maximum absolute atomic E-state index is 11.8. The second-order valence-corrected chi connectivity index (χ2v) is 9.36. The molecular weight excluding hydrogens is 360 g/mol. The Balaban J connectivity index is 3.61. The molecule has 0 spiro atoms. The van der Waals surface area contributed by atoms with Crippen molar-refractivity contribution in [3.05, 3.63) is 0 Å². The summed E-state index contributed by atoms with van der Waals surface area (Å²) >= 11 is 0. The van der Waals surface area contributed by atoms with E-state index < -0.39 is 0 Å². The van der Waals surface area contributed by atoms with Gasteiger partial charge in [-0.15, -0.1) is 0 Å². The average Bonchev–Trinajstić information content (AvgIpc) is 2.56. The van der Waals surface area contributed by atoms with E-state index in [1.54, 1.807) is 0 Å². The first-order valence-electron chi connectivity index (χ1n) is 10.3. The average molecular weight is 403 g/mol. The first-order chi connectivity index (χ1) is 12.8. The Kier molecular flexibility index (Phi) is 13.0. The number of hydrogen-bond donors (Lipinski definition) is 0. The fraction of sp³-hybridized carbons (Fsp3) is 0.909. The predicted molar refractivity (Wildman–Crippen MR) is 111 cm³/mol. The van der Waals surface area contributed by atoms with Gasteiger partial charge in [0.25, 0.3) is 0 Å². The summed E-state index contributed by atoms with van der Waals surface area (Å²) in [5, 5.41) is 0. The van der Waals surface area contributed by atoms with Crippen LogP contribution in [0.5, 0.6) is 0 Å². The lowest BCUT2D eigenvalue weighted by Crippen LogP contribution is -2.25. The third-order valence-corrected chi connectivity index (χ3v) is 4.21. The highest BCUT2D eigenvalue weighted by atomic mass is 16.6.